The Kier molecular flexibility index (Phi) is 4.58. The van der Waals surface area contributed by atoms with E-state index in [4.69, 9.17) is 16.7 Å². The van der Waals surface area contributed by atoms with E-state index in [1.165, 1.54) is 23.4 Å². The Balaban J connectivity index is 2.15. The Morgan fingerprint density at radius 3 is 2.70 bits per heavy atom. The number of halogens is 1. The summed E-state index contributed by atoms with van der Waals surface area (Å²) in [6.07, 6.45) is 2.30. The Morgan fingerprint density at radius 2 is 2.05 bits per heavy atom. The minimum atomic E-state index is -1.06. The first-order valence-electron chi connectivity index (χ1n) is 6.31. The summed E-state index contributed by atoms with van der Waals surface area (Å²) in [5.41, 5.74) is 2.48. The molecule has 0 saturated heterocycles. The van der Waals surface area contributed by atoms with Gasteiger partial charge in [-0.1, -0.05) is 42.8 Å². The molecule has 4 nitrogen and oxygen atoms in total. The van der Waals surface area contributed by atoms with Gasteiger partial charge in [-0.25, -0.2) is 9.78 Å². The number of carboxylic acids is 1. The van der Waals surface area contributed by atoms with E-state index < -0.39 is 5.97 Å². The summed E-state index contributed by atoms with van der Waals surface area (Å²) in [6.45, 7) is 2.69. The smallest absolute Gasteiger partial charge is 0.337 e. The van der Waals surface area contributed by atoms with E-state index in [1.54, 1.807) is 0 Å². The molecule has 0 atom stereocenters. The zero-order chi connectivity index (χ0) is 14.5. The average Bonchev–Trinajstić information content (AvgIpc) is 2.46. The average molecular weight is 291 g/mol. The molecule has 2 N–H and O–H groups in total. The Morgan fingerprint density at radius 1 is 1.35 bits per heavy atom. The first-order chi connectivity index (χ1) is 9.61. The molecule has 0 bridgehead atoms. The van der Waals surface area contributed by atoms with Crippen LogP contribution in [0, 0.1) is 0 Å². The molecule has 0 aliphatic carbocycles. The first-order valence-corrected chi connectivity index (χ1v) is 6.69. The molecule has 1 aromatic carbocycles. The highest BCUT2D eigenvalue weighted by atomic mass is 35.5. The summed E-state index contributed by atoms with van der Waals surface area (Å²) in [5, 5.41) is 12.3. The first kappa shape index (κ1) is 14.3. The van der Waals surface area contributed by atoms with Gasteiger partial charge in [-0.2, -0.15) is 0 Å². The molecule has 0 unspecified atom stereocenters. The lowest BCUT2D eigenvalue weighted by atomic mass is 10.1. The predicted octanol–water partition coefficient (Wildman–Crippen LogP) is 3.61. The largest absolute Gasteiger partial charge is 0.478 e. The topological polar surface area (TPSA) is 62.2 Å². The third kappa shape index (κ3) is 3.27. The van der Waals surface area contributed by atoms with E-state index in [9.17, 15) is 4.79 Å². The molecule has 104 valence electrons. The van der Waals surface area contributed by atoms with Crippen molar-refractivity contribution in [2.45, 2.75) is 19.9 Å². The van der Waals surface area contributed by atoms with Gasteiger partial charge >= 0.3 is 5.97 Å². The summed E-state index contributed by atoms with van der Waals surface area (Å²) in [7, 11) is 0. The molecule has 5 heteroatoms. The molecule has 20 heavy (non-hydrogen) atoms. The third-order valence-corrected chi connectivity index (χ3v) is 3.35. The summed E-state index contributed by atoms with van der Waals surface area (Å²) in [4.78, 5) is 15.1. The van der Waals surface area contributed by atoms with Crippen LogP contribution in [-0.4, -0.2) is 16.1 Å². The number of aromatic nitrogens is 1. The second-order valence-electron chi connectivity index (χ2n) is 4.33. The molecule has 0 saturated carbocycles. The van der Waals surface area contributed by atoms with Gasteiger partial charge in [-0.15, -0.1) is 0 Å². The van der Waals surface area contributed by atoms with Crippen LogP contribution in [0.2, 0.25) is 5.02 Å². The minimum absolute atomic E-state index is 0.0490. The van der Waals surface area contributed by atoms with Crippen molar-refractivity contribution in [1.82, 2.24) is 4.98 Å². The van der Waals surface area contributed by atoms with Crippen LogP contribution in [0.4, 0.5) is 5.82 Å². The van der Waals surface area contributed by atoms with Crippen LogP contribution in [0.3, 0.4) is 0 Å². The van der Waals surface area contributed by atoms with Crippen molar-refractivity contribution >= 4 is 23.4 Å². The predicted molar refractivity (Wildman–Crippen MR) is 79.4 cm³/mol. The number of carboxylic acid groups (broad SMARTS) is 1. The fourth-order valence-electron chi connectivity index (χ4n) is 1.96. The highest BCUT2D eigenvalue weighted by Gasteiger charge is 2.10. The van der Waals surface area contributed by atoms with Crippen molar-refractivity contribution in [1.29, 1.82) is 0 Å². The van der Waals surface area contributed by atoms with Crippen LogP contribution < -0.4 is 5.32 Å². The van der Waals surface area contributed by atoms with Gasteiger partial charge < -0.3 is 10.4 Å². The second kappa shape index (κ2) is 6.39. The van der Waals surface area contributed by atoms with E-state index in [1.807, 2.05) is 18.2 Å². The quantitative estimate of drug-likeness (QED) is 0.883. The number of nitrogens with one attached hydrogen (secondary N) is 1. The number of aryl methyl sites for hydroxylation is 1. The van der Waals surface area contributed by atoms with Crippen LogP contribution in [-0.2, 0) is 13.0 Å². The minimum Gasteiger partial charge on any atom is -0.478 e. The lowest BCUT2D eigenvalue weighted by molar-refractivity contribution is 0.0697. The van der Waals surface area contributed by atoms with Crippen molar-refractivity contribution in [3.05, 3.63) is 58.2 Å². The number of carbonyl (C=O) groups is 1. The standard InChI is InChI=1S/C15H15ClN2O2/c1-2-10-5-3-4-6-11(10)8-17-14-7-12(15(19)20)13(16)9-18-14/h3-7,9H,2,8H2,1H3,(H,17,18)(H,19,20). The molecule has 1 aromatic heterocycles. The second-order valence-corrected chi connectivity index (χ2v) is 4.74. The van der Waals surface area contributed by atoms with Gasteiger partial charge in [0.2, 0.25) is 0 Å². The lowest BCUT2D eigenvalue weighted by Gasteiger charge is -2.10. The van der Waals surface area contributed by atoms with E-state index >= 15 is 0 Å². The SMILES string of the molecule is CCc1ccccc1CNc1cc(C(=O)O)c(Cl)cn1. The number of hydrogen-bond acceptors (Lipinski definition) is 3. The van der Waals surface area contributed by atoms with Crippen molar-refractivity contribution in [3.8, 4) is 0 Å². The lowest BCUT2D eigenvalue weighted by Crippen LogP contribution is -2.06. The van der Waals surface area contributed by atoms with E-state index in [-0.39, 0.29) is 10.6 Å². The zero-order valence-electron chi connectivity index (χ0n) is 11.1. The Labute approximate surface area is 122 Å². The van der Waals surface area contributed by atoms with Crippen molar-refractivity contribution < 1.29 is 9.90 Å². The molecular weight excluding hydrogens is 276 g/mol. The van der Waals surface area contributed by atoms with Crippen LogP contribution in [0.5, 0.6) is 0 Å². The van der Waals surface area contributed by atoms with Gasteiger partial charge in [0.25, 0.3) is 0 Å². The summed E-state index contributed by atoms with van der Waals surface area (Å²) in [5.74, 6) is -0.563. The molecule has 0 amide bonds. The summed E-state index contributed by atoms with van der Waals surface area (Å²) in [6, 6.07) is 9.55. The van der Waals surface area contributed by atoms with Gasteiger partial charge in [0, 0.05) is 12.7 Å². The monoisotopic (exact) mass is 290 g/mol. The number of hydrogen-bond donors (Lipinski definition) is 2. The van der Waals surface area contributed by atoms with Crippen molar-refractivity contribution in [2.24, 2.45) is 0 Å². The van der Waals surface area contributed by atoms with Gasteiger partial charge in [-0.3, -0.25) is 0 Å². The van der Waals surface area contributed by atoms with Gasteiger partial charge in [-0.05, 0) is 23.6 Å². The molecule has 1 heterocycles. The van der Waals surface area contributed by atoms with Crippen LogP contribution >= 0.6 is 11.6 Å². The maximum Gasteiger partial charge on any atom is 0.337 e. The molecule has 0 fully saturated rings. The van der Waals surface area contributed by atoms with Gasteiger partial charge in [0.05, 0.1) is 10.6 Å². The number of aromatic carboxylic acids is 1. The van der Waals surface area contributed by atoms with Crippen LogP contribution in [0.15, 0.2) is 36.5 Å². The number of nitrogens with zero attached hydrogens (tertiary/aromatic N) is 1. The highest BCUT2D eigenvalue weighted by Crippen LogP contribution is 2.19. The van der Waals surface area contributed by atoms with Gasteiger partial charge in [0.15, 0.2) is 0 Å². The molecule has 0 spiro atoms. The van der Waals surface area contributed by atoms with Crippen LogP contribution in [0.1, 0.15) is 28.4 Å². The molecule has 0 radical (unpaired) electrons. The molecule has 0 aliphatic rings. The van der Waals surface area contributed by atoms with Crippen molar-refractivity contribution in [3.63, 3.8) is 0 Å². The van der Waals surface area contributed by atoms with Gasteiger partial charge in [0.1, 0.15) is 5.82 Å². The van der Waals surface area contributed by atoms with E-state index in [2.05, 4.69) is 23.3 Å². The fraction of sp³-hybridized carbons (Fsp3) is 0.200. The molecular formula is C15H15ClN2O2. The third-order valence-electron chi connectivity index (χ3n) is 3.04. The Bertz CT molecular complexity index is 629. The molecule has 2 rings (SSSR count). The number of benzene rings is 1. The summed E-state index contributed by atoms with van der Waals surface area (Å²) >= 11 is 5.78. The normalized spacial score (nSPS) is 10.3. The van der Waals surface area contributed by atoms with Crippen molar-refractivity contribution in [2.75, 3.05) is 5.32 Å². The number of rotatable bonds is 5. The number of anilines is 1. The molecule has 2 aromatic rings. The maximum absolute atomic E-state index is 11.0. The fourth-order valence-corrected chi connectivity index (χ4v) is 2.14. The highest BCUT2D eigenvalue weighted by molar-refractivity contribution is 6.33. The number of pyridine rings is 1. The van der Waals surface area contributed by atoms with E-state index in [0.29, 0.717) is 12.4 Å². The molecule has 0 aliphatic heterocycles. The maximum atomic E-state index is 11.0. The Hall–Kier alpha value is -2.07. The van der Waals surface area contributed by atoms with E-state index in [0.717, 1.165) is 6.42 Å². The summed E-state index contributed by atoms with van der Waals surface area (Å²) < 4.78 is 0. The zero-order valence-corrected chi connectivity index (χ0v) is 11.8. The van der Waals surface area contributed by atoms with Crippen LogP contribution in [0.25, 0.3) is 0 Å².